The molecule has 2 aromatic rings. The Hall–Kier alpha value is -2.46. The van der Waals surface area contributed by atoms with Gasteiger partial charge in [-0.05, 0) is 62.2 Å². The van der Waals surface area contributed by atoms with Crippen LogP contribution in [0.4, 0.5) is 0 Å². The molecule has 0 radical (unpaired) electrons. The predicted octanol–water partition coefficient (Wildman–Crippen LogP) is 2.49. The van der Waals surface area contributed by atoms with Gasteiger partial charge in [-0.25, -0.2) is 8.42 Å². The number of sulfonamides is 1. The molecule has 0 amide bonds. The Labute approximate surface area is 170 Å². The molecule has 1 atom stereocenters. The highest BCUT2D eigenvalue weighted by molar-refractivity contribution is 7.89. The van der Waals surface area contributed by atoms with Crippen molar-refractivity contribution in [2.75, 3.05) is 13.7 Å². The highest BCUT2D eigenvalue weighted by atomic mass is 32.2. The SMILES string of the molecule is COc1ccc(-c2ccc(S(=O)(=O)N(OC(C)C)[C@H](CCN)C(=O)O)cc2)cc1. The number of hydroxylamine groups is 1. The molecule has 0 saturated heterocycles. The van der Waals surface area contributed by atoms with Gasteiger partial charge in [0.1, 0.15) is 5.75 Å². The van der Waals surface area contributed by atoms with Crippen molar-refractivity contribution in [3.8, 4) is 16.9 Å². The molecule has 2 aromatic carbocycles. The van der Waals surface area contributed by atoms with Gasteiger partial charge >= 0.3 is 5.97 Å². The van der Waals surface area contributed by atoms with Crippen molar-refractivity contribution in [2.45, 2.75) is 37.3 Å². The fraction of sp³-hybridized carbons (Fsp3) is 0.350. The summed E-state index contributed by atoms with van der Waals surface area (Å²) in [6.45, 7) is 3.24. The lowest BCUT2D eigenvalue weighted by atomic mass is 10.1. The molecule has 0 aliphatic carbocycles. The number of ether oxygens (including phenoxy) is 1. The summed E-state index contributed by atoms with van der Waals surface area (Å²) < 4.78 is 31.9. The molecular formula is C20H26N2O6S. The number of benzene rings is 2. The van der Waals surface area contributed by atoms with Crippen molar-refractivity contribution in [1.82, 2.24) is 4.47 Å². The van der Waals surface area contributed by atoms with Crippen LogP contribution in [0.3, 0.4) is 0 Å². The van der Waals surface area contributed by atoms with Crippen molar-refractivity contribution in [2.24, 2.45) is 5.73 Å². The van der Waals surface area contributed by atoms with Crippen LogP contribution in [-0.4, -0.2) is 49.8 Å². The lowest BCUT2D eigenvalue weighted by Crippen LogP contribution is -2.47. The third-order valence-corrected chi connectivity index (χ3v) is 5.79. The minimum Gasteiger partial charge on any atom is -0.497 e. The average Bonchev–Trinajstić information content (AvgIpc) is 2.70. The Balaban J connectivity index is 2.38. The molecule has 3 N–H and O–H groups in total. The zero-order valence-corrected chi connectivity index (χ0v) is 17.4. The Morgan fingerprint density at radius 1 is 1.07 bits per heavy atom. The summed E-state index contributed by atoms with van der Waals surface area (Å²) in [5.74, 6) is -0.608. The standard InChI is InChI=1S/C20H26N2O6S/c1-14(2)28-22(19(12-13-21)20(23)24)29(25,26)18-10-6-16(7-11-18)15-4-8-17(27-3)9-5-15/h4-11,14,19H,12-13,21H2,1-3H3,(H,23,24)/t19-/m1/s1. The molecule has 0 saturated carbocycles. The van der Waals surface area contributed by atoms with Gasteiger partial charge in [0, 0.05) is 0 Å². The number of hydrogen-bond donors (Lipinski definition) is 2. The Kier molecular flexibility index (Phi) is 7.74. The molecule has 0 aliphatic rings. The topological polar surface area (TPSA) is 119 Å². The summed E-state index contributed by atoms with van der Waals surface area (Å²) in [5.41, 5.74) is 7.16. The van der Waals surface area contributed by atoms with E-state index in [1.54, 1.807) is 33.1 Å². The molecule has 0 bridgehead atoms. The van der Waals surface area contributed by atoms with Crippen LogP contribution in [0, 0.1) is 0 Å². The Morgan fingerprint density at radius 2 is 1.59 bits per heavy atom. The van der Waals surface area contributed by atoms with Crippen LogP contribution in [-0.2, 0) is 19.7 Å². The maximum atomic E-state index is 13.1. The number of methoxy groups -OCH3 is 1. The van der Waals surface area contributed by atoms with E-state index in [0.717, 1.165) is 11.1 Å². The van der Waals surface area contributed by atoms with Gasteiger partial charge in [-0.2, -0.15) is 0 Å². The molecule has 29 heavy (non-hydrogen) atoms. The van der Waals surface area contributed by atoms with Crippen molar-refractivity contribution in [3.63, 3.8) is 0 Å². The average molecular weight is 423 g/mol. The van der Waals surface area contributed by atoms with Crippen LogP contribution in [0.2, 0.25) is 0 Å². The molecule has 2 rings (SSSR count). The third-order valence-electron chi connectivity index (χ3n) is 4.11. The predicted molar refractivity (Wildman–Crippen MR) is 109 cm³/mol. The van der Waals surface area contributed by atoms with Crippen LogP contribution in [0.1, 0.15) is 20.3 Å². The number of aliphatic carboxylic acids is 1. The van der Waals surface area contributed by atoms with E-state index in [-0.39, 0.29) is 17.9 Å². The summed E-state index contributed by atoms with van der Waals surface area (Å²) in [7, 11) is -2.64. The van der Waals surface area contributed by atoms with E-state index < -0.39 is 28.1 Å². The van der Waals surface area contributed by atoms with Gasteiger partial charge in [-0.3, -0.25) is 9.63 Å². The maximum absolute atomic E-state index is 13.1. The summed E-state index contributed by atoms with van der Waals surface area (Å²) in [5, 5.41) is 9.48. The van der Waals surface area contributed by atoms with Gasteiger partial charge in [0.25, 0.3) is 10.0 Å². The van der Waals surface area contributed by atoms with Crippen LogP contribution in [0.15, 0.2) is 53.4 Å². The number of carbonyl (C=O) groups is 1. The molecule has 8 nitrogen and oxygen atoms in total. The normalized spacial score (nSPS) is 12.9. The number of carboxylic acids is 1. The highest BCUT2D eigenvalue weighted by Crippen LogP contribution is 2.26. The minimum atomic E-state index is -4.22. The fourth-order valence-corrected chi connectivity index (χ4v) is 4.19. The first-order valence-electron chi connectivity index (χ1n) is 9.09. The van der Waals surface area contributed by atoms with Crippen molar-refractivity contribution < 1.29 is 27.9 Å². The van der Waals surface area contributed by atoms with E-state index in [0.29, 0.717) is 10.2 Å². The summed E-state index contributed by atoms with van der Waals surface area (Å²) in [6.07, 6.45) is -0.617. The van der Waals surface area contributed by atoms with Crippen molar-refractivity contribution in [3.05, 3.63) is 48.5 Å². The molecule has 0 unspecified atom stereocenters. The molecule has 9 heteroatoms. The second kappa shape index (κ2) is 9.84. The van der Waals surface area contributed by atoms with Gasteiger partial charge in [-0.1, -0.05) is 28.7 Å². The Morgan fingerprint density at radius 3 is 2.00 bits per heavy atom. The largest absolute Gasteiger partial charge is 0.497 e. The van der Waals surface area contributed by atoms with E-state index >= 15 is 0 Å². The first kappa shape index (κ1) is 22.8. The van der Waals surface area contributed by atoms with Gasteiger partial charge < -0.3 is 15.6 Å². The Bertz CT molecular complexity index is 911. The summed E-state index contributed by atoms with van der Waals surface area (Å²) >= 11 is 0. The summed E-state index contributed by atoms with van der Waals surface area (Å²) in [4.78, 5) is 16.9. The lowest BCUT2D eigenvalue weighted by molar-refractivity contribution is -0.173. The maximum Gasteiger partial charge on any atom is 0.324 e. The zero-order chi connectivity index (χ0) is 21.6. The number of hydrogen-bond acceptors (Lipinski definition) is 6. The van der Waals surface area contributed by atoms with Crippen LogP contribution in [0.5, 0.6) is 5.75 Å². The molecule has 158 valence electrons. The summed E-state index contributed by atoms with van der Waals surface area (Å²) in [6, 6.07) is 12.1. The first-order valence-corrected chi connectivity index (χ1v) is 10.5. The highest BCUT2D eigenvalue weighted by Gasteiger charge is 2.37. The van der Waals surface area contributed by atoms with Gasteiger partial charge in [0.05, 0.1) is 18.1 Å². The van der Waals surface area contributed by atoms with Gasteiger partial charge in [0.15, 0.2) is 6.04 Å². The smallest absolute Gasteiger partial charge is 0.324 e. The second-order valence-electron chi connectivity index (χ2n) is 6.60. The number of rotatable bonds is 10. The van der Waals surface area contributed by atoms with Crippen LogP contribution in [0.25, 0.3) is 11.1 Å². The van der Waals surface area contributed by atoms with E-state index in [1.807, 2.05) is 24.3 Å². The molecule has 0 aliphatic heterocycles. The molecule has 0 aromatic heterocycles. The van der Waals surface area contributed by atoms with E-state index in [9.17, 15) is 18.3 Å². The first-order chi connectivity index (χ1) is 13.7. The van der Waals surface area contributed by atoms with E-state index in [2.05, 4.69) is 0 Å². The fourth-order valence-electron chi connectivity index (χ4n) is 2.69. The zero-order valence-electron chi connectivity index (χ0n) is 16.6. The van der Waals surface area contributed by atoms with Gasteiger partial charge in [0.2, 0.25) is 0 Å². The van der Waals surface area contributed by atoms with Crippen molar-refractivity contribution in [1.29, 1.82) is 0 Å². The monoisotopic (exact) mass is 422 g/mol. The number of nitrogens with zero attached hydrogens (tertiary/aromatic N) is 1. The van der Waals surface area contributed by atoms with E-state index in [1.165, 1.54) is 12.1 Å². The number of carboxylic acid groups (broad SMARTS) is 1. The third kappa shape index (κ3) is 5.54. The van der Waals surface area contributed by atoms with Gasteiger partial charge in [-0.15, -0.1) is 0 Å². The second-order valence-corrected chi connectivity index (χ2v) is 8.38. The molecule has 0 heterocycles. The van der Waals surface area contributed by atoms with E-state index in [4.69, 9.17) is 15.3 Å². The van der Waals surface area contributed by atoms with Crippen LogP contribution >= 0.6 is 0 Å². The molecular weight excluding hydrogens is 396 g/mol. The molecule has 0 spiro atoms. The molecule has 0 fully saturated rings. The number of nitrogens with two attached hydrogens (primary N) is 1. The van der Waals surface area contributed by atoms with Crippen LogP contribution < -0.4 is 10.5 Å². The lowest BCUT2D eigenvalue weighted by Gasteiger charge is -2.28. The van der Waals surface area contributed by atoms with Crippen molar-refractivity contribution >= 4 is 16.0 Å². The quantitative estimate of drug-likeness (QED) is 0.565. The minimum absolute atomic E-state index is 0.000843.